The van der Waals surface area contributed by atoms with Crippen molar-refractivity contribution in [2.24, 2.45) is 7.05 Å². The van der Waals surface area contributed by atoms with Crippen LogP contribution in [0.4, 0.5) is 5.69 Å². The highest BCUT2D eigenvalue weighted by Gasteiger charge is 2.24. The zero-order valence-electron chi connectivity index (χ0n) is 14.8. The molecule has 8 nitrogen and oxygen atoms in total. The lowest BCUT2D eigenvalue weighted by atomic mass is 10.2. The molecule has 140 valence electrons. The molecule has 3 aromatic rings. The average Bonchev–Trinajstić information content (AvgIpc) is 2.95. The van der Waals surface area contributed by atoms with Crippen LogP contribution in [0.15, 0.2) is 33.7 Å². The van der Waals surface area contributed by atoms with Crippen LogP contribution in [0.5, 0.6) is 0 Å². The van der Waals surface area contributed by atoms with Crippen molar-refractivity contribution in [1.29, 1.82) is 0 Å². The molecule has 27 heavy (non-hydrogen) atoms. The number of furan rings is 1. The Labute approximate surface area is 158 Å². The quantitative estimate of drug-likeness (QED) is 0.688. The molecule has 0 aliphatic carbocycles. The number of nitrogens with zero attached hydrogens (tertiary/aromatic N) is 2. The van der Waals surface area contributed by atoms with Crippen LogP contribution in [-0.2, 0) is 16.6 Å². The van der Waals surface area contributed by atoms with Gasteiger partial charge in [0.05, 0.1) is 10.7 Å². The van der Waals surface area contributed by atoms with E-state index in [1.807, 2.05) is 6.92 Å². The summed E-state index contributed by atoms with van der Waals surface area (Å²) in [6.45, 7) is 2.84. The zero-order chi connectivity index (χ0) is 19.7. The summed E-state index contributed by atoms with van der Waals surface area (Å²) in [5, 5.41) is 2.95. The molecule has 0 radical (unpaired) electrons. The summed E-state index contributed by atoms with van der Waals surface area (Å²) in [7, 11) is 1.50. The topological polar surface area (TPSA) is 103 Å². The second kappa shape index (κ2) is 7.24. The molecule has 0 saturated heterocycles. The molecule has 9 heteroatoms. The largest absolute Gasteiger partial charge is 0.452 e. The summed E-state index contributed by atoms with van der Waals surface area (Å²) in [6, 6.07) is 5.14. The molecule has 0 bridgehead atoms. The SMILES string of the molecule is Cc1ccc(NC(=O)COC(=O)c2c(C)oc3ncn(C)c(=O)c23)c(Cl)c1. The van der Waals surface area contributed by atoms with E-state index in [1.165, 1.54) is 24.9 Å². The molecule has 1 aromatic carbocycles. The smallest absolute Gasteiger partial charge is 0.343 e. The Morgan fingerprint density at radius 2 is 2.07 bits per heavy atom. The fourth-order valence-corrected chi connectivity index (χ4v) is 2.83. The van der Waals surface area contributed by atoms with E-state index in [0.29, 0.717) is 10.7 Å². The predicted octanol–water partition coefficient (Wildman–Crippen LogP) is 2.59. The number of amides is 1. The number of aromatic nitrogens is 2. The van der Waals surface area contributed by atoms with Crippen LogP contribution in [-0.4, -0.2) is 28.0 Å². The van der Waals surface area contributed by atoms with Gasteiger partial charge in [-0.05, 0) is 31.5 Å². The van der Waals surface area contributed by atoms with Crippen LogP contribution in [0.2, 0.25) is 5.02 Å². The van der Waals surface area contributed by atoms with E-state index in [0.717, 1.165) is 5.56 Å². The van der Waals surface area contributed by atoms with E-state index >= 15 is 0 Å². The van der Waals surface area contributed by atoms with Gasteiger partial charge in [0.1, 0.15) is 23.0 Å². The summed E-state index contributed by atoms with van der Waals surface area (Å²) in [5.41, 5.74) is 0.909. The van der Waals surface area contributed by atoms with Gasteiger partial charge in [0, 0.05) is 7.05 Å². The number of hydrogen-bond acceptors (Lipinski definition) is 6. The van der Waals surface area contributed by atoms with E-state index in [-0.39, 0.29) is 22.4 Å². The fraction of sp³-hybridized carbons (Fsp3) is 0.222. The van der Waals surface area contributed by atoms with Gasteiger partial charge in [-0.25, -0.2) is 9.78 Å². The molecule has 0 spiro atoms. The Bertz CT molecular complexity index is 1120. The Morgan fingerprint density at radius 3 is 2.78 bits per heavy atom. The highest BCUT2D eigenvalue weighted by molar-refractivity contribution is 6.33. The molecule has 1 N–H and O–H groups in total. The maximum absolute atomic E-state index is 12.4. The van der Waals surface area contributed by atoms with E-state index in [2.05, 4.69) is 10.3 Å². The number of fused-ring (bicyclic) bond motifs is 1. The van der Waals surface area contributed by atoms with E-state index < -0.39 is 24.0 Å². The Balaban J connectivity index is 1.75. The van der Waals surface area contributed by atoms with Crippen molar-refractivity contribution in [2.75, 3.05) is 11.9 Å². The predicted molar refractivity (Wildman–Crippen MR) is 99.1 cm³/mol. The van der Waals surface area contributed by atoms with Crippen LogP contribution in [0, 0.1) is 13.8 Å². The molecule has 2 heterocycles. The summed E-state index contributed by atoms with van der Waals surface area (Å²) >= 11 is 6.06. The monoisotopic (exact) mass is 389 g/mol. The van der Waals surface area contributed by atoms with Gasteiger partial charge >= 0.3 is 5.97 Å². The molecule has 1 amide bonds. The molecule has 0 atom stereocenters. The number of aryl methyl sites for hydroxylation is 3. The number of ether oxygens (including phenoxy) is 1. The minimum Gasteiger partial charge on any atom is -0.452 e. The first-order valence-corrected chi connectivity index (χ1v) is 8.33. The third kappa shape index (κ3) is 3.70. The minimum atomic E-state index is -0.846. The van der Waals surface area contributed by atoms with Crippen molar-refractivity contribution in [1.82, 2.24) is 9.55 Å². The van der Waals surface area contributed by atoms with Gasteiger partial charge in [0.15, 0.2) is 6.61 Å². The van der Waals surface area contributed by atoms with Crippen molar-refractivity contribution in [3.05, 3.63) is 56.8 Å². The lowest BCUT2D eigenvalue weighted by Crippen LogP contribution is -2.23. The highest BCUT2D eigenvalue weighted by Crippen LogP contribution is 2.23. The summed E-state index contributed by atoms with van der Waals surface area (Å²) in [4.78, 5) is 40.7. The van der Waals surface area contributed by atoms with Gasteiger partial charge in [-0.3, -0.25) is 9.59 Å². The lowest BCUT2D eigenvalue weighted by molar-refractivity contribution is -0.119. The summed E-state index contributed by atoms with van der Waals surface area (Å²) in [5.74, 6) is -1.22. The maximum atomic E-state index is 12.4. The van der Waals surface area contributed by atoms with Gasteiger partial charge in [-0.2, -0.15) is 0 Å². The Hall–Kier alpha value is -3.13. The number of carbonyl (C=O) groups excluding carboxylic acids is 2. The standard InChI is InChI=1S/C18H16ClN3O5/c1-9-4-5-12(11(19)6-9)21-13(23)7-26-18(25)14-10(2)27-16-15(14)17(24)22(3)8-20-16/h4-6,8H,7H2,1-3H3,(H,21,23). The normalized spacial score (nSPS) is 10.8. The first-order chi connectivity index (χ1) is 12.8. The van der Waals surface area contributed by atoms with Crippen LogP contribution in [0.25, 0.3) is 11.1 Å². The molecule has 0 unspecified atom stereocenters. The number of hydrogen-bond donors (Lipinski definition) is 1. The molecule has 0 aliphatic rings. The first-order valence-electron chi connectivity index (χ1n) is 7.95. The zero-order valence-corrected chi connectivity index (χ0v) is 15.6. The van der Waals surface area contributed by atoms with Gasteiger partial charge in [-0.15, -0.1) is 0 Å². The number of carbonyl (C=O) groups is 2. The number of esters is 1. The first kappa shape index (κ1) is 18.7. The summed E-state index contributed by atoms with van der Waals surface area (Å²) < 4.78 is 11.6. The summed E-state index contributed by atoms with van der Waals surface area (Å²) in [6.07, 6.45) is 1.29. The molecule has 3 rings (SSSR count). The number of benzene rings is 1. The van der Waals surface area contributed by atoms with Crippen molar-refractivity contribution in [2.45, 2.75) is 13.8 Å². The fourth-order valence-electron chi connectivity index (χ4n) is 2.54. The van der Waals surface area contributed by atoms with Crippen LogP contribution >= 0.6 is 11.6 Å². The Kier molecular flexibility index (Phi) is 5.00. The van der Waals surface area contributed by atoms with Crippen molar-refractivity contribution in [3.63, 3.8) is 0 Å². The number of halogens is 1. The number of rotatable bonds is 4. The van der Waals surface area contributed by atoms with E-state index in [1.54, 1.807) is 18.2 Å². The second-order valence-electron chi connectivity index (χ2n) is 5.98. The highest BCUT2D eigenvalue weighted by atomic mass is 35.5. The van der Waals surface area contributed by atoms with Crippen molar-refractivity contribution < 1.29 is 18.7 Å². The molecule has 0 aliphatic heterocycles. The van der Waals surface area contributed by atoms with Gasteiger partial charge in [0.25, 0.3) is 11.5 Å². The lowest BCUT2D eigenvalue weighted by Gasteiger charge is -2.08. The van der Waals surface area contributed by atoms with Gasteiger partial charge < -0.3 is 19.0 Å². The minimum absolute atomic E-state index is 0.0180. The van der Waals surface area contributed by atoms with E-state index in [4.69, 9.17) is 20.8 Å². The van der Waals surface area contributed by atoms with Gasteiger partial charge in [0.2, 0.25) is 5.71 Å². The third-order valence-corrected chi connectivity index (χ3v) is 4.20. The van der Waals surface area contributed by atoms with E-state index in [9.17, 15) is 14.4 Å². The van der Waals surface area contributed by atoms with Crippen molar-refractivity contribution >= 4 is 40.3 Å². The maximum Gasteiger partial charge on any atom is 0.343 e. The van der Waals surface area contributed by atoms with Crippen LogP contribution in [0.3, 0.4) is 0 Å². The third-order valence-electron chi connectivity index (χ3n) is 3.89. The molecule has 0 saturated carbocycles. The molecular formula is C18H16ClN3O5. The van der Waals surface area contributed by atoms with Crippen LogP contribution in [0.1, 0.15) is 21.7 Å². The average molecular weight is 390 g/mol. The second-order valence-corrected chi connectivity index (χ2v) is 6.39. The number of nitrogens with one attached hydrogen (secondary N) is 1. The van der Waals surface area contributed by atoms with Gasteiger partial charge in [-0.1, -0.05) is 17.7 Å². The van der Waals surface area contributed by atoms with Crippen LogP contribution < -0.4 is 10.9 Å². The molecule has 2 aromatic heterocycles. The molecular weight excluding hydrogens is 374 g/mol. The molecule has 0 fully saturated rings. The number of anilines is 1. The van der Waals surface area contributed by atoms with Crippen molar-refractivity contribution in [3.8, 4) is 0 Å². The Morgan fingerprint density at radius 1 is 1.33 bits per heavy atom.